The molecule has 130 valence electrons. The maximum atomic E-state index is 12.9. The number of nitrogens with one attached hydrogen (secondary N) is 1. The molecule has 2 aliphatic rings. The number of aliphatic imine (C=N–C) groups is 1. The Balaban J connectivity index is 2.12. The number of nitrogens with zero attached hydrogens (tertiary/aromatic N) is 1. The van der Waals surface area contributed by atoms with Gasteiger partial charge in [-0.3, -0.25) is 14.5 Å². The summed E-state index contributed by atoms with van der Waals surface area (Å²) in [5.41, 5.74) is 1.60. The summed E-state index contributed by atoms with van der Waals surface area (Å²) in [4.78, 5) is 28.3. The molecule has 0 bridgehead atoms. The number of hydrogen-bond donors (Lipinski definition) is 2. The highest BCUT2D eigenvalue weighted by Crippen LogP contribution is 2.42. The predicted molar refractivity (Wildman–Crippen MR) is 94.7 cm³/mol. The van der Waals surface area contributed by atoms with E-state index in [4.69, 9.17) is 0 Å². The van der Waals surface area contributed by atoms with Crippen molar-refractivity contribution in [2.75, 3.05) is 7.05 Å². The lowest BCUT2D eigenvalue weighted by Crippen LogP contribution is -2.26. The lowest BCUT2D eigenvalue weighted by molar-refractivity contribution is 0.0696. The molecule has 2 N–H and O–H groups in total. The summed E-state index contributed by atoms with van der Waals surface area (Å²) in [7, 11) is -2.37. The Morgan fingerprint density at radius 2 is 1.88 bits per heavy atom. The molecule has 1 aliphatic carbocycles. The van der Waals surface area contributed by atoms with Crippen molar-refractivity contribution in [2.45, 2.75) is 4.90 Å². The molecule has 0 saturated heterocycles. The van der Waals surface area contributed by atoms with Crippen LogP contribution in [-0.4, -0.2) is 38.0 Å². The van der Waals surface area contributed by atoms with Gasteiger partial charge in [-0.2, -0.15) is 0 Å². The quantitative estimate of drug-likeness (QED) is 0.839. The number of hydrogen-bond acceptors (Lipinski definition) is 5. The molecule has 0 spiro atoms. The molecular weight excluding hydrogens is 356 g/mol. The fourth-order valence-electron chi connectivity index (χ4n) is 3.28. The fraction of sp³-hybridized carbons (Fsp3) is 0.0556. The van der Waals surface area contributed by atoms with E-state index < -0.39 is 21.8 Å². The average molecular weight is 368 g/mol. The van der Waals surface area contributed by atoms with Crippen LogP contribution in [0.4, 0.5) is 0 Å². The molecule has 0 unspecified atom stereocenters. The van der Waals surface area contributed by atoms with Crippen LogP contribution in [0.2, 0.25) is 0 Å². The Labute approximate surface area is 148 Å². The van der Waals surface area contributed by atoms with Gasteiger partial charge < -0.3 is 5.11 Å². The van der Waals surface area contributed by atoms with Gasteiger partial charge in [-0.25, -0.2) is 13.2 Å². The molecule has 2 aromatic rings. The number of ketones is 1. The number of Topliss-reactive ketones (excluding diaryl/α,β-unsaturated/α-hetero) is 1. The maximum absolute atomic E-state index is 12.9. The van der Waals surface area contributed by atoms with Crippen LogP contribution in [0.3, 0.4) is 0 Å². The van der Waals surface area contributed by atoms with Gasteiger partial charge in [0.15, 0.2) is 0 Å². The first-order valence-corrected chi connectivity index (χ1v) is 9.09. The molecule has 7 nitrogen and oxygen atoms in total. The maximum Gasteiger partial charge on any atom is 0.335 e. The van der Waals surface area contributed by atoms with Gasteiger partial charge in [0.2, 0.25) is 5.78 Å². The summed E-state index contributed by atoms with van der Waals surface area (Å²) in [6.45, 7) is 0. The Morgan fingerprint density at radius 1 is 1.15 bits per heavy atom. The molecule has 26 heavy (non-hydrogen) atoms. The second-order valence-electron chi connectivity index (χ2n) is 5.82. The SMILES string of the molecule is CN=C1C(=O)c2cccc3c2C(=C1c1cccc(C(=O)O)c1)NS3(=O)=O. The molecule has 0 aromatic heterocycles. The highest BCUT2D eigenvalue weighted by Gasteiger charge is 2.41. The molecular formula is C18H12N2O5S. The zero-order valence-corrected chi connectivity index (χ0v) is 14.3. The highest BCUT2D eigenvalue weighted by molar-refractivity contribution is 7.90. The molecule has 2 aromatic carbocycles. The average Bonchev–Trinajstić information content (AvgIpc) is 2.90. The number of allylic oxidation sites excluding steroid dienone is 1. The van der Waals surface area contributed by atoms with Crippen LogP contribution >= 0.6 is 0 Å². The highest BCUT2D eigenvalue weighted by atomic mass is 32.2. The van der Waals surface area contributed by atoms with Gasteiger partial charge in [-0.15, -0.1) is 0 Å². The van der Waals surface area contributed by atoms with E-state index in [9.17, 15) is 23.1 Å². The largest absolute Gasteiger partial charge is 0.478 e. The standard InChI is InChI=1S/C18H12N2O5S/c1-19-16-13(9-4-2-5-10(8-9)18(22)23)15-14-11(17(16)21)6-3-7-12(14)26(24,25)20-15/h2-8,20H,1H3,(H,22,23). The summed E-state index contributed by atoms with van der Waals surface area (Å²) < 4.78 is 27.4. The topological polar surface area (TPSA) is 113 Å². The number of aromatic carboxylic acids is 1. The van der Waals surface area contributed by atoms with Crippen molar-refractivity contribution in [3.63, 3.8) is 0 Å². The Morgan fingerprint density at radius 3 is 2.58 bits per heavy atom. The zero-order chi connectivity index (χ0) is 18.6. The Hall–Kier alpha value is -3.26. The third kappa shape index (κ3) is 2.12. The van der Waals surface area contributed by atoms with E-state index in [1.807, 2.05) is 0 Å². The van der Waals surface area contributed by atoms with Gasteiger partial charge in [0.25, 0.3) is 10.0 Å². The predicted octanol–water partition coefficient (Wildman–Crippen LogP) is 1.81. The second kappa shape index (κ2) is 5.37. The van der Waals surface area contributed by atoms with Crippen molar-refractivity contribution >= 4 is 38.8 Å². The van der Waals surface area contributed by atoms with Crippen molar-refractivity contribution in [3.8, 4) is 0 Å². The Kier molecular flexibility index (Phi) is 3.35. The Bertz CT molecular complexity index is 1180. The first kappa shape index (κ1) is 16.2. The van der Waals surface area contributed by atoms with Crippen LogP contribution < -0.4 is 4.72 Å². The summed E-state index contributed by atoms with van der Waals surface area (Å²) in [6.07, 6.45) is 0. The van der Waals surface area contributed by atoms with Crippen LogP contribution in [0.25, 0.3) is 11.3 Å². The number of benzene rings is 2. The second-order valence-corrected chi connectivity index (χ2v) is 7.47. The molecule has 0 fully saturated rings. The third-order valence-corrected chi connectivity index (χ3v) is 5.76. The minimum atomic E-state index is -3.80. The van der Waals surface area contributed by atoms with Gasteiger partial charge in [-0.1, -0.05) is 24.3 Å². The van der Waals surface area contributed by atoms with Crippen LogP contribution in [0.15, 0.2) is 52.4 Å². The molecule has 0 atom stereocenters. The number of carbonyl (C=O) groups is 2. The molecule has 4 rings (SSSR count). The number of carbonyl (C=O) groups excluding carboxylic acids is 1. The lowest BCUT2D eigenvalue weighted by atomic mass is 9.83. The first-order chi connectivity index (χ1) is 12.3. The van der Waals surface area contributed by atoms with Crippen molar-refractivity contribution < 1.29 is 23.1 Å². The van der Waals surface area contributed by atoms with E-state index >= 15 is 0 Å². The minimum absolute atomic E-state index is 0.0263. The fourth-order valence-corrected chi connectivity index (χ4v) is 4.60. The zero-order valence-electron chi connectivity index (χ0n) is 13.5. The van der Waals surface area contributed by atoms with Crippen molar-refractivity contribution in [2.24, 2.45) is 4.99 Å². The third-order valence-electron chi connectivity index (χ3n) is 4.37. The van der Waals surface area contributed by atoms with Crippen LogP contribution in [0, 0.1) is 0 Å². The van der Waals surface area contributed by atoms with E-state index in [0.717, 1.165) is 0 Å². The van der Waals surface area contributed by atoms with Crippen molar-refractivity contribution in [3.05, 3.63) is 64.7 Å². The van der Waals surface area contributed by atoms with E-state index in [0.29, 0.717) is 11.1 Å². The van der Waals surface area contributed by atoms with Gasteiger partial charge >= 0.3 is 5.97 Å². The number of sulfonamides is 1. The molecule has 0 amide bonds. The van der Waals surface area contributed by atoms with Gasteiger partial charge in [0.1, 0.15) is 5.71 Å². The molecule has 0 radical (unpaired) electrons. The van der Waals surface area contributed by atoms with Gasteiger partial charge in [0, 0.05) is 23.7 Å². The van der Waals surface area contributed by atoms with Crippen LogP contribution in [-0.2, 0) is 10.0 Å². The van der Waals surface area contributed by atoms with Crippen LogP contribution in [0.5, 0.6) is 0 Å². The minimum Gasteiger partial charge on any atom is -0.478 e. The van der Waals surface area contributed by atoms with E-state index in [-0.39, 0.29) is 33.0 Å². The first-order valence-electron chi connectivity index (χ1n) is 7.61. The normalized spacial score (nSPS) is 18.7. The van der Waals surface area contributed by atoms with Crippen LogP contribution in [0.1, 0.15) is 31.8 Å². The number of rotatable bonds is 2. The smallest absolute Gasteiger partial charge is 0.335 e. The van der Waals surface area contributed by atoms with Gasteiger partial charge in [0.05, 0.1) is 16.2 Å². The molecule has 1 heterocycles. The van der Waals surface area contributed by atoms with E-state index in [2.05, 4.69) is 9.71 Å². The monoisotopic (exact) mass is 368 g/mol. The van der Waals surface area contributed by atoms with Crippen molar-refractivity contribution in [1.29, 1.82) is 0 Å². The summed E-state index contributed by atoms with van der Waals surface area (Å²) in [5, 5.41) is 9.23. The lowest BCUT2D eigenvalue weighted by Gasteiger charge is -2.20. The molecule has 1 aliphatic heterocycles. The van der Waals surface area contributed by atoms with Gasteiger partial charge in [-0.05, 0) is 23.8 Å². The molecule has 0 saturated carbocycles. The number of carboxylic acid groups (broad SMARTS) is 1. The molecule has 8 heteroatoms. The number of carboxylic acids is 1. The summed E-state index contributed by atoms with van der Waals surface area (Å²) >= 11 is 0. The summed E-state index contributed by atoms with van der Waals surface area (Å²) in [5.74, 6) is -1.52. The van der Waals surface area contributed by atoms with E-state index in [1.165, 1.54) is 37.4 Å². The van der Waals surface area contributed by atoms with Crippen molar-refractivity contribution in [1.82, 2.24) is 4.72 Å². The summed E-state index contributed by atoms with van der Waals surface area (Å²) in [6, 6.07) is 10.5. The van der Waals surface area contributed by atoms with E-state index in [1.54, 1.807) is 12.1 Å².